The fourth-order valence-electron chi connectivity index (χ4n) is 3.36. The van der Waals surface area contributed by atoms with Gasteiger partial charge in [-0.2, -0.15) is 5.26 Å². The van der Waals surface area contributed by atoms with Gasteiger partial charge in [0.2, 0.25) is 0 Å². The zero-order valence-electron chi connectivity index (χ0n) is 16.5. The molecular weight excluding hydrogens is 374 g/mol. The predicted molar refractivity (Wildman–Crippen MR) is 102 cm³/mol. The van der Waals surface area contributed by atoms with Crippen LogP contribution in [0.5, 0.6) is 0 Å². The van der Waals surface area contributed by atoms with Gasteiger partial charge >= 0.3 is 5.97 Å². The predicted octanol–water partition coefficient (Wildman–Crippen LogP) is 2.05. The van der Waals surface area contributed by atoms with Crippen LogP contribution in [0.25, 0.3) is 0 Å². The Bertz CT molecular complexity index is 915. The molecule has 1 aliphatic heterocycles. The summed E-state index contributed by atoms with van der Waals surface area (Å²) in [5.74, 6) is -2.02. The highest BCUT2D eigenvalue weighted by Gasteiger charge is 2.43. The summed E-state index contributed by atoms with van der Waals surface area (Å²) in [6, 6.07) is 6.25. The molecule has 1 atom stereocenters. The molecular formula is C21H23N3O5. The van der Waals surface area contributed by atoms with E-state index in [1.165, 1.54) is 23.1 Å². The van der Waals surface area contributed by atoms with Crippen molar-refractivity contribution in [2.45, 2.75) is 45.1 Å². The van der Waals surface area contributed by atoms with Crippen molar-refractivity contribution in [2.24, 2.45) is 5.92 Å². The molecule has 0 radical (unpaired) electrons. The zero-order valence-corrected chi connectivity index (χ0v) is 16.5. The molecule has 0 saturated heterocycles. The number of carbonyl (C=O) groups excluding carboxylic acids is 4. The van der Waals surface area contributed by atoms with Crippen molar-refractivity contribution >= 4 is 23.7 Å². The van der Waals surface area contributed by atoms with Gasteiger partial charge in [0.25, 0.3) is 17.7 Å². The number of fused-ring (bicyclic) bond motifs is 1. The lowest BCUT2D eigenvalue weighted by Crippen LogP contribution is -2.48. The molecule has 3 amide bonds. The van der Waals surface area contributed by atoms with Crippen LogP contribution in [0.15, 0.2) is 18.2 Å². The van der Waals surface area contributed by atoms with Crippen LogP contribution >= 0.6 is 0 Å². The Balaban J connectivity index is 1.62. The van der Waals surface area contributed by atoms with Crippen molar-refractivity contribution < 1.29 is 23.9 Å². The molecule has 1 N–H and O–H groups in total. The van der Waals surface area contributed by atoms with E-state index in [1.807, 2.05) is 6.92 Å². The molecule has 152 valence electrons. The third-order valence-electron chi connectivity index (χ3n) is 5.30. The largest absolute Gasteiger partial charge is 0.452 e. The van der Waals surface area contributed by atoms with Crippen LogP contribution in [-0.2, 0) is 9.53 Å². The minimum Gasteiger partial charge on any atom is -0.452 e. The standard InChI is InChI=1S/C21H23N3O5/c1-3-4-9-24-18(26)15-8-5-13(10-16(15)19(24)27)20(28)29-11-17(25)23-21(2,12-22)14-6-7-14/h5,8,10,14H,3-4,6-7,9,11H2,1-2H3,(H,23,25)/t21-/m1/s1. The number of rotatable bonds is 8. The van der Waals surface area contributed by atoms with Gasteiger partial charge in [0.1, 0.15) is 5.54 Å². The molecule has 1 aromatic rings. The third-order valence-corrected chi connectivity index (χ3v) is 5.30. The van der Waals surface area contributed by atoms with Crippen LogP contribution in [-0.4, -0.2) is 47.3 Å². The van der Waals surface area contributed by atoms with Crippen molar-refractivity contribution in [3.8, 4) is 6.07 Å². The maximum Gasteiger partial charge on any atom is 0.338 e. The molecule has 1 saturated carbocycles. The molecule has 8 heteroatoms. The summed E-state index contributed by atoms with van der Waals surface area (Å²) in [6.45, 7) is 3.42. The van der Waals surface area contributed by atoms with Gasteiger partial charge in [-0.3, -0.25) is 19.3 Å². The van der Waals surface area contributed by atoms with E-state index in [0.29, 0.717) is 13.0 Å². The smallest absolute Gasteiger partial charge is 0.338 e. The number of esters is 1. The Hall–Kier alpha value is -3.21. The number of benzene rings is 1. The maximum absolute atomic E-state index is 12.5. The quantitative estimate of drug-likeness (QED) is 0.530. The van der Waals surface area contributed by atoms with E-state index in [9.17, 15) is 24.4 Å². The van der Waals surface area contributed by atoms with Crippen LogP contribution in [0.1, 0.15) is 70.6 Å². The molecule has 1 heterocycles. The summed E-state index contributed by atoms with van der Waals surface area (Å²) in [5.41, 5.74) is -0.461. The Labute approximate surface area is 168 Å². The fourth-order valence-corrected chi connectivity index (χ4v) is 3.36. The monoisotopic (exact) mass is 397 g/mol. The molecule has 1 aromatic carbocycles. The first-order valence-corrected chi connectivity index (χ1v) is 9.70. The molecule has 29 heavy (non-hydrogen) atoms. The molecule has 0 unspecified atom stereocenters. The van der Waals surface area contributed by atoms with Gasteiger partial charge in [-0.1, -0.05) is 13.3 Å². The van der Waals surface area contributed by atoms with Crippen LogP contribution in [0.2, 0.25) is 0 Å². The second kappa shape index (κ2) is 8.03. The van der Waals surface area contributed by atoms with Crippen molar-refractivity contribution in [2.75, 3.05) is 13.2 Å². The van der Waals surface area contributed by atoms with Gasteiger partial charge in [0, 0.05) is 6.54 Å². The van der Waals surface area contributed by atoms with Gasteiger partial charge in [0.15, 0.2) is 6.61 Å². The summed E-state index contributed by atoms with van der Waals surface area (Å²) in [7, 11) is 0. The highest BCUT2D eigenvalue weighted by atomic mass is 16.5. The van der Waals surface area contributed by atoms with E-state index in [2.05, 4.69) is 11.4 Å². The second-order valence-electron chi connectivity index (χ2n) is 7.59. The number of unbranched alkanes of at least 4 members (excludes halogenated alkanes) is 1. The van der Waals surface area contributed by atoms with Crippen LogP contribution in [0.3, 0.4) is 0 Å². The summed E-state index contributed by atoms with van der Waals surface area (Å²) < 4.78 is 5.02. The van der Waals surface area contributed by atoms with Gasteiger partial charge in [0.05, 0.1) is 22.8 Å². The minimum absolute atomic E-state index is 0.0836. The van der Waals surface area contributed by atoms with Gasteiger partial charge in [-0.25, -0.2) is 4.79 Å². The van der Waals surface area contributed by atoms with Crippen molar-refractivity contribution in [1.29, 1.82) is 5.26 Å². The lowest BCUT2D eigenvalue weighted by atomic mass is 9.98. The first-order valence-electron chi connectivity index (χ1n) is 9.70. The molecule has 0 aromatic heterocycles. The number of nitrogens with zero attached hydrogens (tertiary/aromatic N) is 2. The maximum atomic E-state index is 12.5. The molecule has 1 fully saturated rings. The molecule has 2 aliphatic rings. The Kier molecular flexibility index (Phi) is 5.69. The van der Waals surface area contributed by atoms with Crippen LogP contribution < -0.4 is 5.32 Å². The Morgan fingerprint density at radius 2 is 1.97 bits per heavy atom. The fraction of sp³-hybridized carbons (Fsp3) is 0.476. The van der Waals surface area contributed by atoms with E-state index < -0.39 is 29.9 Å². The minimum atomic E-state index is -0.966. The summed E-state index contributed by atoms with van der Waals surface area (Å²) in [6.07, 6.45) is 3.30. The van der Waals surface area contributed by atoms with E-state index >= 15 is 0 Å². The molecule has 3 rings (SSSR count). The number of nitriles is 1. The number of hydrogen-bond acceptors (Lipinski definition) is 6. The number of hydrogen-bond donors (Lipinski definition) is 1. The average molecular weight is 397 g/mol. The van der Waals surface area contributed by atoms with Crippen LogP contribution in [0.4, 0.5) is 0 Å². The molecule has 8 nitrogen and oxygen atoms in total. The van der Waals surface area contributed by atoms with Gasteiger partial charge < -0.3 is 10.1 Å². The molecule has 1 aliphatic carbocycles. The number of amides is 3. The van der Waals surface area contributed by atoms with Crippen molar-refractivity contribution in [1.82, 2.24) is 10.2 Å². The van der Waals surface area contributed by atoms with Crippen molar-refractivity contribution in [3.63, 3.8) is 0 Å². The van der Waals surface area contributed by atoms with E-state index in [1.54, 1.807) is 6.92 Å². The Morgan fingerprint density at radius 3 is 2.59 bits per heavy atom. The Morgan fingerprint density at radius 1 is 1.28 bits per heavy atom. The normalized spacial score (nSPS) is 17.3. The van der Waals surface area contributed by atoms with E-state index in [4.69, 9.17) is 4.74 Å². The number of imide groups is 1. The topological polar surface area (TPSA) is 117 Å². The summed E-state index contributed by atoms with van der Waals surface area (Å²) in [5, 5.41) is 11.9. The first-order chi connectivity index (χ1) is 13.8. The average Bonchev–Trinajstić information content (AvgIpc) is 3.54. The van der Waals surface area contributed by atoms with Crippen molar-refractivity contribution in [3.05, 3.63) is 34.9 Å². The van der Waals surface area contributed by atoms with E-state index in [0.717, 1.165) is 19.3 Å². The molecule has 0 spiro atoms. The zero-order chi connectivity index (χ0) is 21.2. The lowest BCUT2D eigenvalue weighted by Gasteiger charge is -2.22. The summed E-state index contributed by atoms with van der Waals surface area (Å²) in [4.78, 5) is 50.4. The van der Waals surface area contributed by atoms with Gasteiger partial charge in [-0.05, 0) is 50.3 Å². The van der Waals surface area contributed by atoms with Gasteiger partial charge in [-0.15, -0.1) is 0 Å². The highest BCUT2D eigenvalue weighted by molar-refractivity contribution is 6.21. The van der Waals surface area contributed by atoms with E-state index in [-0.39, 0.29) is 28.5 Å². The molecule has 0 bridgehead atoms. The SMILES string of the molecule is CCCCN1C(=O)c2ccc(C(=O)OCC(=O)N[C@](C)(C#N)C3CC3)cc2C1=O. The summed E-state index contributed by atoms with van der Waals surface area (Å²) >= 11 is 0. The first kappa shape index (κ1) is 20.5. The lowest BCUT2D eigenvalue weighted by molar-refractivity contribution is -0.125. The number of ether oxygens (including phenoxy) is 1. The second-order valence-corrected chi connectivity index (χ2v) is 7.59. The number of nitrogens with one attached hydrogen (secondary N) is 1. The third kappa shape index (κ3) is 4.14. The number of carbonyl (C=O) groups is 4. The highest BCUT2D eigenvalue weighted by Crippen LogP contribution is 2.39. The van der Waals surface area contributed by atoms with Crippen LogP contribution in [0, 0.1) is 17.2 Å².